The Morgan fingerprint density at radius 1 is 1.50 bits per heavy atom. The molecule has 0 unspecified atom stereocenters. The van der Waals surface area contributed by atoms with Gasteiger partial charge in [0.1, 0.15) is 12.1 Å². The van der Waals surface area contributed by atoms with E-state index in [0.29, 0.717) is 13.2 Å². The predicted molar refractivity (Wildman–Crippen MR) is 64.8 cm³/mol. The highest BCUT2D eigenvalue weighted by Gasteiger charge is 2.53. The molecule has 2 aliphatic rings. The van der Waals surface area contributed by atoms with Crippen molar-refractivity contribution in [1.82, 2.24) is 4.90 Å². The van der Waals surface area contributed by atoms with Crippen molar-refractivity contribution in [2.75, 3.05) is 13.2 Å². The van der Waals surface area contributed by atoms with Crippen molar-refractivity contribution >= 4 is 11.7 Å². The van der Waals surface area contributed by atoms with Crippen LogP contribution in [0.3, 0.4) is 0 Å². The summed E-state index contributed by atoms with van der Waals surface area (Å²) in [4.78, 5) is 24.8. The molecule has 0 spiro atoms. The number of hydrogen-bond acceptors (Lipinski definition) is 4. The molecule has 1 amide bonds. The highest BCUT2D eigenvalue weighted by molar-refractivity contribution is 6.44. The number of Topliss-reactive ketones (excluding diaryl/α,β-unsaturated/α-hetero) is 1. The second-order valence-corrected chi connectivity index (χ2v) is 5.11. The molecular formula is C13H19NO4. The van der Waals surface area contributed by atoms with Crippen LogP contribution in [0.5, 0.6) is 0 Å². The summed E-state index contributed by atoms with van der Waals surface area (Å²) in [6.45, 7) is 8.17. The Bertz CT molecular complexity index is 377. The van der Waals surface area contributed by atoms with Crippen LogP contribution >= 0.6 is 0 Å². The lowest BCUT2D eigenvalue weighted by Gasteiger charge is -2.41. The summed E-state index contributed by atoms with van der Waals surface area (Å²) < 4.78 is 11.1. The summed E-state index contributed by atoms with van der Waals surface area (Å²) in [5.41, 5.74) is 0. The topological polar surface area (TPSA) is 55.8 Å². The second-order valence-electron chi connectivity index (χ2n) is 5.11. The number of rotatable bonds is 5. The lowest BCUT2D eigenvalue weighted by molar-refractivity contribution is -0.175. The minimum absolute atomic E-state index is 0.339. The Labute approximate surface area is 107 Å². The first-order chi connectivity index (χ1) is 8.46. The molecule has 0 aromatic heterocycles. The highest BCUT2D eigenvalue weighted by atomic mass is 16.7. The number of nitrogens with zero attached hydrogens (tertiary/aromatic N) is 1. The van der Waals surface area contributed by atoms with Crippen LogP contribution in [0.2, 0.25) is 0 Å². The Balaban J connectivity index is 1.96. The van der Waals surface area contributed by atoms with Gasteiger partial charge in [-0.3, -0.25) is 9.59 Å². The molecule has 18 heavy (non-hydrogen) atoms. The van der Waals surface area contributed by atoms with Crippen molar-refractivity contribution in [3.8, 4) is 0 Å². The molecule has 5 nitrogen and oxygen atoms in total. The van der Waals surface area contributed by atoms with Crippen LogP contribution < -0.4 is 0 Å². The van der Waals surface area contributed by atoms with Gasteiger partial charge in [-0.15, -0.1) is 6.58 Å². The maximum Gasteiger partial charge on any atom is 0.293 e. The number of hydrogen-bond donors (Lipinski definition) is 0. The summed E-state index contributed by atoms with van der Waals surface area (Å²) in [6.07, 6.45) is 3.11. The van der Waals surface area contributed by atoms with Crippen LogP contribution in [0.15, 0.2) is 12.7 Å². The van der Waals surface area contributed by atoms with E-state index in [0.717, 1.165) is 12.8 Å². The fourth-order valence-electron chi connectivity index (χ4n) is 2.36. The first-order valence-corrected chi connectivity index (χ1v) is 6.24. The highest BCUT2D eigenvalue weighted by Crippen LogP contribution is 2.30. The van der Waals surface area contributed by atoms with E-state index in [-0.39, 0.29) is 11.9 Å². The third-order valence-corrected chi connectivity index (χ3v) is 3.27. The van der Waals surface area contributed by atoms with Gasteiger partial charge in [-0.05, 0) is 26.7 Å². The molecule has 2 atom stereocenters. The Hall–Kier alpha value is -1.20. The molecular weight excluding hydrogens is 234 g/mol. The molecule has 100 valence electrons. The van der Waals surface area contributed by atoms with Crippen molar-refractivity contribution < 1.29 is 19.1 Å². The van der Waals surface area contributed by atoms with Crippen LogP contribution in [-0.4, -0.2) is 47.7 Å². The van der Waals surface area contributed by atoms with E-state index >= 15 is 0 Å². The van der Waals surface area contributed by atoms with Crippen LogP contribution in [-0.2, 0) is 19.1 Å². The largest absolute Gasteiger partial charge is 0.348 e. The predicted octanol–water partition coefficient (Wildman–Crippen LogP) is 0.884. The Morgan fingerprint density at radius 3 is 2.78 bits per heavy atom. The molecule has 0 saturated carbocycles. The maximum atomic E-state index is 11.7. The van der Waals surface area contributed by atoms with Gasteiger partial charge in [0.05, 0.1) is 6.61 Å². The summed E-state index contributed by atoms with van der Waals surface area (Å²) in [7, 11) is 0. The fourth-order valence-corrected chi connectivity index (χ4v) is 2.36. The number of unbranched alkanes of at least 4 members (excludes halogenated alkanes) is 1. The second kappa shape index (κ2) is 4.82. The molecule has 2 rings (SSSR count). The number of carbonyl (C=O) groups is 2. The number of β-lactam (4-membered cyclic amide) rings is 1. The molecule has 0 aromatic carbocycles. The Morgan fingerprint density at radius 2 is 2.22 bits per heavy atom. The number of amides is 1. The standard InChI is InChI=1S/C13H19NO4/c1-4-5-6-7-14-10(11(15)12(14)16)9-8-17-13(2,3)18-9/h4,9-10H,1,5-8H2,2-3H3/t9-,10+/m1/s1. The van der Waals surface area contributed by atoms with Gasteiger partial charge in [0.25, 0.3) is 5.91 Å². The SMILES string of the molecule is C=CCCCN1C(=O)C(=O)[C@@H]1[C@H]1COC(C)(C)O1. The zero-order valence-electron chi connectivity index (χ0n) is 10.8. The van der Waals surface area contributed by atoms with Crippen LogP contribution in [0.1, 0.15) is 26.7 Å². The van der Waals surface area contributed by atoms with Gasteiger partial charge in [0.2, 0.25) is 5.78 Å². The van der Waals surface area contributed by atoms with Crippen molar-refractivity contribution in [3.05, 3.63) is 12.7 Å². The van der Waals surface area contributed by atoms with E-state index in [9.17, 15) is 9.59 Å². The van der Waals surface area contributed by atoms with Crippen molar-refractivity contribution in [2.24, 2.45) is 0 Å². The van der Waals surface area contributed by atoms with E-state index in [2.05, 4.69) is 6.58 Å². The Kier molecular flexibility index (Phi) is 3.54. The first-order valence-electron chi connectivity index (χ1n) is 6.24. The lowest BCUT2D eigenvalue weighted by atomic mass is 9.94. The maximum absolute atomic E-state index is 11.7. The van der Waals surface area contributed by atoms with Crippen LogP contribution in [0, 0.1) is 0 Å². The molecule has 0 N–H and O–H groups in total. The van der Waals surface area contributed by atoms with Crippen LogP contribution in [0.25, 0.3) is 0 Å². The normalized spacial score (nSPS) is 30.4. The number of carbonyl (C=O) groups excluding carboxylic acids is 2. The quantitative estimate of drug-likeness (QED) is 0.316. The smallest absolute Gasteiger partial charge is 0.293 e. The third kappa shape index (κ3) is 2.33. The summed E-state index contributed by atoms with van der Waals surface area (Å²) in [5.74, 6) is -1.44. The van der Waals surface area contributed by atoms with Crippen LogP contribution in [0.4, 0.5) is 0 Å². The van der Waals surface area contributed by atoms with Gasteiger partial charge >= 0.3 is 0 Å². The molecule has 0 aromatic rings. The molecule has 2 fully saturated rings. The average Bonchev–Trinajstić information content (AvgIpc) is 2.67. The van der Waals surface area contributed by atoms with E-state index in [1.54, 1.807) is 24.8 Å². The van der Waals surface area contributed by atoms with E-state index in [1.807, 2.05) is 0 Å². The summed E-state index contributed by atoms with van der Waals surface area (Å²) >= 11 is 0. The number of ether oxygens (including phenoxy) is 2. The van der Waals surface area contributed by atoms with Gasteiger partial charge in [-0.2, -0.15) is 0 Å². The summed E-state index contributed by atoms with van der Waals surface area (Å²) in [6, 6.07) is -0.468. The van der Waals surface area contributed by atoms with E-state index in [4.69, 9.17) is 9.47 Å². The van der Waals surface area contributed by atoms with Gasteiger partial charge < -0.3 is 14.4 Å². The van der Waals surface area contributed by atoms with Crippen molar-refractivity contribution in [3.63, 3.8) is 0 Å². The molecule has 2 saturated heterocycles. The first kappa shape index (κ1) is 13.2. The minimum atomic E-state index is -0.670. The lowest BCUT2D eigenvalue weighted by Crippen LogP contribution is -2.67. The van der Waals surface area contributed by atoms with Gasteiger partial charge in [0.15, 0.2) is 5.79 Å². The zero-order chi connectivity index (χ0) is 13.3. The number of ketones is 1. The number of allylic oxidation sites excluding steroid dienone is 1. The fraction of sp³-hybridized carbons (Fsp3) is 0.692. The van der Waals surface area contributed by atoms with Crippen molar-refractivity contribution in [2.45, 2.75) is 44.6 Å². The molecule has 2 aliphatic heterocycles. The zero-order valence-corrected chi connectivity index (χ0v) is 10.8. The molecule has 5 heteroatoms. The van der Waals surface area contributed by atoms with Gasteiger partial charge in [-0.25, -0.2) is 0 Å². The van der Waals surface area contributed by atoms with E-state index in [1.165, 1.54) is 0 Å². The van der Waals surface area contributed by atoms with Crippen molar-refractivity contribution in [1.29, 1.82) is 0 Å². The minimum Gasteiger partial charge on any atom is -0.348 e. The molecule has 0 aliphatic carbocycles. The third-order valence-electron chi connectivity index (χ3n) is 3.27. The number of likely N-dealkylation sites (tertiary alicyclic amines) is 1. The molecule has 2 heterocycles. The average molecular weight is 253 g/mol. The van der Waals surface area contributed by atoms with E-state index < -0.39 is 17.7 Å². The molecule has 0 bridgehead atoms. The monoisotopic (exact) mass is 253 g/mol. The van der Waals surface area contributed by atoms with Gasteiger partial charge in [0, 0.05) is 6.54 Å². The van der Waals surface area contributed by atoms with Gasteiger partial charge in [-0.1, -0.05) is 6.08 Å². The summed E-state index contributed by atoms with van der Waals surface area (Å²) in [5, 5.41) is 0. The molecule has 0 radical (unpaired) electrons.